The number of aromatic amines is 1. The number of rotatable bonds is 6. The van der Waals surface area contributed by atoms with Crippen molar-refractivity contribution >= 4 is 5.91 Å². The molecule has 1 aliphatic rings. The van der Waals surface area contributed by atoms with Gasteiger partial charge in [-0.15, -0.1) is 0 Å². The Balaban J connectivity index is 1.99. The van der Waals surface area contributed by atoms with Crippen LogP contribution in [0.25, 0.3) is 11.5 Å². The summed E-state index contributed by atoms with van der Waals surface area (Å²) in [6.45, 7) is 4.75. The normalized spacial score (nSPS) is 14.9. The largest absolute Gasteiger partial charge is 0.369 e. The summed E-state index contributed by atoms with van der Waals surface area (Å²) >= 11 is 0. The maximum absolute atomic E-state index is 11.2. The van der Waals surface area contributed by atoms with E-state index in [1.54, 1.807) is 0 Å². The van der Waals surface area contributed by atoms with Crippen molar-refractivity contribution in [3.8, 4) is 11.5 Å². The number of primary amides is 1. The fraction of sp³-hybridized carbons (Fsp3) is 0.600. The van der Waals surface area contributed by atoms with Crippen molar-refractivity contribution in [2.24, 2.45) is 5.73 Å². The summed E-state index contributed by atoms with van der Waals surface area (Å²) in [5.74, 6) is 0.764. The number of fused-ring (bicyclic) bond motifs is 1. The molecule has 0 bridgehead atoms. The number of nitrogens with one attached hydrogen (secondary N) is 1. The summed E-state index contributed by atoms with van der Waals surface area (Å²) in [4.78, 5) is 18.0. The van der Waals surface area contributed by atoms with Crippen LogP contribution in [0.5, 0.6) is 0 Å². The van der Waals surface area contributed by atoms with E-state index in [-0.39, 0.29) is 6.42 Å². The minimum atomic E-state index is -0.423. The van der Waals surface area contributed by atoms with Gasteiger partial charge in [-0.2, -0.15) is 10.2 Å². The lowest BCUT2D eigenvalue weighted by atomic mass is 10.1. The second-order valence-electron chi connectivity index (χ2n) is 6.09. The molecule has 0 unspecified atom stereocenters. The third-order valence-corrected chi connectivity index (χ3v) is 4.11. The van der Waals surface area contributed by atoms with Crippen molar-refractivity contribution < 1.29 is 4.79 Å². The van der Waals surface area contributed by atoms with Crippen LogP contribution in [0.2, 0.25) is 0 Å². The van der Waals surface area contributed by atoms with Crippen LogP contribution in [0.15, 0.2) is 0 Å². The molecular formula is C15H23N7O. The van der Waals surface area contributed by atoms with Crippen molar-refractivity contribution in [2.45, 2.75) is 45.7 Å². The lowest BCUT2D eigenvalue weighted by Gasteiger charge is -2.22. The average Bonchev–Trinajstić information content (AvgIpc) is 3.07. The lowest BCUT2D eigenvalue weighted by molar-refractivity contribution is -0.117. The van der Waals surface area contributed by atoms with Gasteiger partial charge in [0.15, 0.2) is 11.6 Å². The predicted octanol–water partition coefficient (Wildman–Crippen LogP) is 0.484. The molecule has 0 radical (unpaired) electrons. The first-order valence-electron chi connectivity index (χ1n) is 8.05. The Kier molecular flexibility index (Phi) is 4.42. The summed E-state index contributed by atoms with van der Waals surface area (Å²) in [5, 5.41) is 12.1. The van der Waals surface area contributed by atoms with Crippen molar-refractivity contribution in [1.29, 1.82) is 0 Å². The van der Waals surface area contributed by atoms with Gasteiger partial charge in [-0.25, -0.2) is 9.67 Å². The quantitative estimate of drug-likeness (QED) is 0.806. The monoisotopic (exact) mass is 317 g/mol. The highest BCUT2D eigenvalue weighted by Crippen LogP contribution is 2.27. The number of aryl methyl sites for hydroxylation is 1. The molecule has 23 heavy (non-hydrogen) atoms. The van der Waals surface area contributed by atoms with Crippen molar-refractivity contribution in [3.05, 3.63) is 17.1 Å². The van der Waals surface area contributed by atoms with E-state index in [0.29, 0.717) is 5.82 Å². The summed E-state index contributed by atoms with van der Waals surface area (Å²) in [6, 6.07) is 0. The number of H-pyrrole nitrogens is 1. The van der Waals surface area contributed by atoms with Gasteiger partial charge in [0.05, 0.1) is 6.42 Å². The maximum Gasteiger partial charge on any atom is 0.225 e. The summed E-state index contributed by atoms with van der Waals surface area (Å²) < 4.78 is 1.85. The highest BCUT2D eigenvalue weighted by atomic mass is 16.1. The van der Waals surface area contributed by atoms with Crippen LogP contribution < -0.4 is 5.73 Å². The van der Waals surface area contributed by atoms with Gasteiger partial charge in [-0.1, -0.05) is 13.3 Å². The lowest BCUT2D eigenvalue weighted by Crippen LogP contribution is -2.26. The SMILES string of the molecule is CCCCn1nc(CC(N)=O)nc1-c1n[nH]c2c1CN(C)CC2. The second-order valence-corrected chi connectivity index (χ2v) is 6.09. The molecule has 8 nitrogen and oxygen atoms in total. The third kappa shape index (κ3) is 3.26. The predicted molar refractivity (Wildman–Crippen MR) is 85.4 cm³/mol. The molecule has 3 rings (SSSR count). The number of carbonyl (C=O) groups is 1. The van der Waals surface area contributed by atoms with E-state index in [1.807, 2.05) is 4.68 Å². The van der Waals surface area contributed by atoms with Gasteiger partial charge in [0, 0.05) is 37.3 Å². The van der Waals surface area contributed by atoms with E-state index < -0.39 is 5.91 Å². The molecule has 0 atom stereocenters. The molecule has 0 saturated carbocycles. The Morgan fingerprint density at radius 3 is 3.00 bits per heavy atom. The topological polar surface area (TPSA) is 106 Å². The maximum atomic E-state index is 11.2. The molecule has 124 valence electrons. The van der Waals surface area contributed by atoms with E-state index in [0.717, 1.165) is 50.4 Å². The number of amides is 1. The molecule has 0 aliphatic carbocycles. The minimum absolute atomic E-state index is 0.0542. The number of unbranched alkanes of at least 4 members (excludes halogenated alkanes) is 1. The molecule has 3 N–H and O–H groups in total. The number of nitrogens with zero attached hydrogens (tertiary/aromatic N) is 5. The van der Waals surface area contributed by atoms with Gasteiger partial charge in [0.2, 0.25) is 5.91 Å². The molecule has 0 aromatic carbocycles. The highest BCUT2D eigenvalue weighted by Gasteiger charge is 2.24. The highest BCUT2D eigenvalue weighted by molar-refractivity contribution is 5.75. The summed E-state index contributed by atoms with van der Waals surface area (Å²) in [5.41, 5.74) is 8.46. The van der Waals surface area contributed by atoms with Crippen LogP contribution in [0.1, 0.15) is 36.8 Å². The van der Waals surface area contributed by atoms with Crippen molar-refractivity contribution in [1.82, 2.24) is 29.9 Å². The van der Waals surface area contributed by atoms with Crippen LogP contribution in [0.3, 0.4) is 0 Å². The van der Waals surface area contributed by atoms with Crippen LogP contribution in [-0.2, 0) is 30.7 Å². The zero-order valence-corrected chi connectivity index (χ0v) is 13.7. The Labute approximate surface area is 135 Å². The Morgan fingerprint density at radius 1 is 1.43 bits per heavy atom. The van der Waals surface area contributed by atoms with E-state index in [9.17, 15) is 4.79 Å². The number of likely N-dealkylation sites (N-methyl/N-ethyl adjacent to an activating group) is 1. The molecule has 2 aromatic rings. The van der Waals surface area contributed by atoms with E-state index in [4.69, 9.17) is 5.73 Å². The Hall–Kier alpha value is -2.22. The molecular weight excluding hydrogens is 294 g/mol. The molecule has 1 aliphatic heterocycles. The van der Waals surface area contributed by atoms with Crippen LogP contribution in [0.4, 0.5) is 0 Å². The molecule has 1 amide bonds. The molecule has 0 fully saturated rings. The molecule has 2 aromatic heterocycles. The Bertz CT molecular complexity index is 703. The third-order valence-electron chi connectivity index (χ3n) is 4.11. The zero-order chi connectivity index (χ0) is 16.4. The van der Waals surface area contributed by atoms with Crippen LogP contribution in [-0.4, -0.2) is 49.4 Å². The number of carbonyl (C=O) groups excluding carboxylic acids is 1. The number of hydrogen-bond donors (Lipinski definition) is 2. The van der Waals surface area contributed by atoms with Gasteiger partial charge in [0.1, 0.15) is 5.69 Å². The second kappa shape index (κ2) is 6.49. The Morgan fingerprint density at radius 2 is 2.26 bits per heavy atom. The number of nitrogens with two attached hydrogens (primary N) is 1. The van der Waals surface area contributed by atoms with Gasteiger partial charge < -0.3 is 10.6 Å². The summed E-state index contributed by atoms with van der Waals surface area (Å²) in [7, 11) is 2.10. The number of aromatic nitrogens is 5. The van der Waals surface area contributed by atoms with Crippen molar-refractivity contribution in [2.75, 3.05) is 13.6 Å². The average molecular weight is 317 g/mol. The zero-order valence-electron chi connectivity index (χ0n) is 13.7. The van der Waals surface area contributed by atoms with E-state index in [1.165, 1.54) is 11.3 Å². The fourth-order valence-electron chi connectivity index (χ4n) is 2.87. The summed E-state index contributed by atoms with van der Waals surface area (Å²) in [6.07, 6.45) is 3.07. The van der Waals surface area contributed by atoms with Gasteiger partial charge in [-0.3, -0.25) is 9.89 Å². The van der Waals surface area contributed by atoms with Gasteiger partial charge >= 0.3 is 0 Å². The standard InChI is InChI=1S/C15H23N7O/c1-3-4-6-22-15(17-13(20-22)8-12(16)23)14-10-9-21(2)7-5-11(10)18-19-14/h3-9H2,1-2H3,(H2,16,23)(H,18,19). The van der Waals surface area contributed by atoms with Crippen molar-refractivity contribution in [3.63, 3.8) is 0 Å². The first kappa shape index (κ1) is 15.7. The molecule has 3 heterocycles. The smallest absolute Gasteiger partial charge is 0.225 e. The first-order chi connectivity index (χ1) is 11.1. The van der Waals surface area contributed by atoms with Gasteiger partial charge in [0.25, 0.3) is 0 Å². The van der Waals surface area contributed by atoms with E-state index >= 15 is 0 Å². The molecule has 0 saturated heterocycles. The van der Waals surface area contributed by atoms with E-state index in [2.05, 4.69) is 39.2 Å². The molecule has 8 heteroatoms. The first-order valence-corrected chi connectivity index (χ1v) is 8.05. The minimum Gasteiger partial charge on any atom is -0.369 e. The van der Waals surface area contributed by atoms with Gasteiger partial charge in [-0.05, 0) is 13.5 Å². The van der Waals surface area contributed by atoms with Crippen LogP contribution >= 0.6 is 0 Å². The number of hydrogen-bond acceptors (Lipinski definition) is 5. The molecule has 0 spiro atoms. The van der Waals surface area contributed by atoms with Crippen LogP contribution in [0, 0.1) is 0 Å². The fourth-order valence-corrected chi connectivity index (χ4v) is 2.87.